The summed E-state index contributed by atoms with van der Waals surface area (Å²) < 4.78 is 0. The molecule has 2 fully saturated rings. The third kappa shape index (κ3) is 5.32. The Morgan fingerprint density at radius 2 is 1.46 bits per heavy atom. The Morgan fingerprint density at radius 3 is 2.14 bits per heavy atom. The van der Waals surface area contributed by atoms with Crippen molar-refractivity contribution in [2.45, 2.75) is 37.3 Å². The number of nitrogens with zero attached hydrogens (tertiary/aromatic N) is 2. The van der Waals surface area contributed by atoms with Crippen molar-refractivity contribution in [1.29, 1.82) is 0 Å². The SMILES string of the molecule is O=C(Cc1ccccc1)N1CCCCN2[C@H](CO)[C@H](c3ccc(C#Cc4ccccc4)cc3)[C@H]2C1. The van der Waals surface area contributed by atoms with Gasteiger partial charge in [-0.3, -0.25) is 9.69 Å². The Morgan fingerprint density at radius 1 is 0.829 bits per heavy atom. The highest BCUT2D eigenvalue weighted by molar-refractivity contribution is 5.78. The predicted octanol–water partition coefficient (Wildman–Crippen LogP) is 4.08. The predicted molar refractivity (Wildman–Crippen MR) is 139 cm³/mol. The van der Waals surface area contributed by atoms with Crippen LogP contribution in [0, 0.1) is 11.8 Å². The van der Waals surface area contributed by atoms with Crippen LogP contribution in [0.3, 0.4) is 0 Å². The van der Waals surface area contributed by atoms with E-state index in [9.17, 15) is 9.90 Å². The van der Waals surface area contributed by atoms with Crippen molar-refractivity contribution >= 4 is 5.91 Å². The van der Waals surface area contributed by atoms with Crippen LogP contribution in [0.25, 0.3) is 0 Å². The summed E-state index contributed by atoms with van der Waals surface area (Å²) in [6.07, 6.45) is 2.49. The van der Waals surface area contributed by atoms with Crippen molar-refractivity contribution in [2.75, 3.05) is 26.2 Å². The average molecular weight is 465 g/mol. The summed E-state index contributed by atoms with van der Waals surface area (Å²) in [5, 5.41) is 10.2. The van der Waals surface area contributed by atoms with E-state index in [-0.39, 0.29) is 30.5 Å². The van der Waals surface area contributed by atoms with E-state index < -0.39 is 0 Å². The van der Waals surface area contributed by atoms with Gasteiger partial charge in [-0.25, -0.2) is 0 Å². The van der Waals surface area contributed by atoms with Crippen molar-refractivity contribution in [3.05, 3.63) is 107 Å². The number of benzene rings is 3. The van der Waals surface area contributed by atoms with Crippen molar-refractivity contribution in [3.8, 4) is 11.8 Å². The second-order valence-corrected chi connectivity index (χ2v) is 9.53. The molecule has 2 heterocycles. The Hall–Kier alpha value is -3.39. The van der Waals surface area contributed by atoms with Crippen LogP contribution < -0.4 is 0 Å². The molecule has 1 N–H and O–H groups in total. The first kappa shape index (κ1) is 23.4. The van der Waals surface area contributed by atoms with Gasteiger partial charge in [0.1, 0.15) is 0 Å². The lowest BCUT2D eigenvalue weighted by molar-refractivity contribution is -0.135. The van der Waals surface area contributed by atoms with E-state index in [1.807, 2.05) is 65.6 Å². The van der Waals surface area contributed by atoms with E-state index in [2.05, 4.69) is 41.0 Å². The molecule has 0 saturated carbocycles. The summed E-state index contributed by atoms with van der Waals surface area (Å²) in [4.78, 5) is 17.6. The van der Waals surface area contributed by atoms with E-state index in [0.717, 1.165) is 42.6 Å². The fourth-order valence-corrected chi connectivity index (χ4v) is 5.50. The Bertz CT molecular complexity index is 1180. The molecule has 4 nitrogen and oxygen atoms in total. The number of carbonyl (C=O) groups is 1. The molecular formula is C31H32N2O2. The van der Waals surface area contributed by atoms with Crippen LogP contribution in [0.4, 0.5) is 0 Å². The van der Waals surface area contributed by atoms with Gasteiger partial charge >= 0.3 is 0 Å². The second-order valence-electron chi connectivity index (χ2n) is 9.53. The number of rotatable bonds is 4. The summed E-state index contributed by atoms with van der Waals surface area (Å²) >= 11 is 0. The molecule has 0 unspecified atom stereocenters. The fraction of sp³-hybridized carbons (Fsp3) is 0.323. The summed E-state index contributed by atoms with van der Waals surface area (Å²) in [6.45, 7) is 2.63. The first-order valence-corrected chi connectivity index (χ1v) is 12.6. The van der Waals surface area contributed by atoms with Crippen LogP contribution in [-0.4, -0.2) is 59.1 Å². The Kier molecular flexibility index (Phi) is 7.28. The van der Waals surface area contributed by atoms with Gasteiger partial charge in [-0.2, -0.15) is 0 Å². The number of amides is 1. The maximum absolute atomic E-state index is 13.2. The van der Waals surface area contributed by atoms with Crippen LogP contribution in [0.15, 0.2) is 84.9 Å². The lowest BCUT2D eigenvalue weighted by Crippen LogP contribution is -2.68. The molecule has 2 saturated heterocycles. The quantitative estimate of drug-likeness (QED) is 0.592. The minimum Gasteiger partial charge on any atom is -0.395 e. The van der Waals surface area contributed by atoms with E-state index in [4.69, 9.17) is 0 Å². The fourth-order valence-electron chi connectivity index (χ4n) is 5.50. The summed E-state index contributed by atoms with van der Waals surface area (Å²) in [7, 11) is 0. The zero-order valence-corrected chi connectivity index (χ0v) is 20.0. The molecule has 3 atom stereocenters. The minimum absolute atomic E-state index is 0.102. The van der Waals surface area contributed by atoms with Crippen molar-refractivity contribution in [3.63, 3.8) is 0 Å². The van der Waals surface area contributed by atoms with Gasteiger partial charge in [-0.15, -0.1) is 0 Å². The molecule has 35 heavy (non-hydrogen) atoms. The van der Waals surface area contributed by atoms with Crippen LogP contribution in [0.1, 0.15) is 41.0 Å². The maximum Gasteiger partial charge on any atom is 0.227 e. The van der Waals surface area contributed by atoms with Crippen molar-refractivity contribution in [1.82, 2.24) is 9.80 Å². The molecule has 0 bridgehead atoms. The number of carbonyl (C=O) groups excluding carboxylic acids is 1. The Balaban J connectivity index is 1.32. The van der Waals surface area contributed by atoms with E-state index in [0.29, 0.717) is 13.0 Å². The van der Waals surface area contributed by atoms with E-state index in [1.165, 1.54) is 5.56 Å². The van der Waals surface area contributed by atoms with E-state index in [1.54, 1.807) is 0 Å². The molecule has 2 aliphatic rings. The van der Waals surface area contributed by atoms with Gasteiger partial charge in [0.15, 0.2) is 0 Å². The standard InChI is InChI=1S/C31H32N2O2/c34-23-29-31(27-17-15-25(16-18-27)14-13-24-9-3-1-4-10-24)28-22-32(19-7-8-20-33(28)29)30(35)21-26-11-5-2-6-12-26/h1-6,9-12,15-18,28-29,31,34H,7-8,19-23H2/t28-,29-,31-/m1/s1. The average Bonchev–Trinajstić information content (AvgIpc) is 2.88. The first-order valence-electron chi connectivity index (χ1n) is 12.6. The first-order chi connectivity index (χ1) is 17.2. The number of aliphatic hydroxyl groups is 1. The Labute approximate surface area is 208 Å². The molecule has 3 aromatic carbocycles. The zero-order valence-electron chi connectivity index (χ0n) is 20.0. The van der Waals surface area contributed by atoms with Gasteiger partial charge in [0, 0.05) is 42.2 Å². The monoisotopic (exact) mass is 464 g/mol. The number of hydrogen-bond acceptors (Lipinski definition) is 3. The van der Waals surface area contributed by atoms with Crippen LogP contribution >= 0.6 is 0 Å². The molecular weight excluding hydrogens is 432 g/mol. The molecule has 0 aromatic heterocycles. The van der Waals surface area contributed by atoms with Gasteiger partial charge in [0.2, 0.25) is 5.91 Å². The molecule has 1 amide bonds. The number of aliphatic hydroxyl groups excluding tert-OH is 1. The molecule has 3 aromatic rings. The minimum atomic E-state index is 0.102. The molecule has 0 radical (unpaired) electrons. The van der Waals surface area contributed by atoms with Crippen molar-refractivity contribution < 1.29 is 9.90 Å². The second kappa shape index (κ2) is 10.9. The van der Waals surface area contributed by atoms with Crippen LogP contribution in [0.2, 0.25) is 0 Å². The third-order valence-electron chi connectivity index (χ3n) is 7.34. The van der Waals surface area contributed by atoms with Gasteiger partial charge in [0.25, 0.3) is 0 Å². The topological polar surface area (TPSA) is 43.8 Å². The van der Waals surface area contributed by atoms with Gasteiger partial charge in [-0.05, 0) is 54.8 Å². The normalized spacial score (nSPS) is 22.1. The van der Waals surface area contributed by atoms with Gasteiger partial charge in [-0.1, -0.05) is 72.5 Å². The maximum atomic E-state index is 13.2. The smallest absolute Gasteiger partial charge is 0.227 e. The highest BCUT2D eigenvalue weighted by atomic mass is 16.3. The summed E-state index contributed by atoms with van der Waals surface area (Å²) in [6, 6.07) is 28.8. The van der Waals surface area contributed by atoms with Gasteiger partial charge in [0.05, 0.1) is 13.0 Å². The summed E-state index contributed by atoms with van der Waals surface area (Å²) in [5.41, 5.74) is 4.25. The molecule has 2 aliphatic heterocycles. The molecule has 0 spiro atoms. The largest absolute Gasteiger partial charge is 0.395 e. The van der Waals surface area contributed by atoms with Crippen LogP contribution in [0.5, 0.6) is 0 Å². The highest BCUT2D eigenvalue weighted by Crippen LogP contribution is 2.42. The number of fused-ring (bicyclic) bond motifs is 1. The number of hydrogen-bond donors (Lipinski definition) is 1. The molecule has 4 heteroatoms. The third-order valence-corrected chi connectivity index (χ3v) is 7.34. The molecule has 5 rings (SSSR count). The van der Waals surface area contributed by atoms with Crippen LogP contribution in [-0.2, 0) is 11.2 Å². The highest BCUT2D eigenvalue weighted by Gasteiger charge is 2.49. The van der Waals surface area contributed by atoms with E-state index >= 15 is 0 Å². The lowest BCUT2D eigenvalue weighted by Gasteiger charge is -2.57. The van der Waals surface area contributed by atoms with Gasteiger partial charge < -0.3 is 10.0 Å². The zero-order chi connectivity index (χ0) is 24.0. The molecule has 0 aliphatic carbocycles. The molecule has 178 valence electrons. The van der Waals surface area contributed by atoms with Crippen molar-refractivity contribution in [2.24, 2.45) is 0 Å². The summed E-state index contributed by atoms with van der Waals surface area (Å²) in [5.74, 6) is 6.86. The lowest BCUT2D eigenvalue weighted by atomic mass is 9.74.